The van der Waals surface area contributed by atoms with Crippen LogP contribution >= 0.6 is 0 Å². The van der Waals surface area contributed by atoms with Gasteiger partial charge in [0.05, 0.1) is 35.7 Å². The van der Waals surface area contributed by atoms with E-state index in [-0.39, 0.29) is 24.5 Å². The molecule has 1 amide bonds. The van der Waals surface area contributed by atoms with Gasteiger partial charge in [-0.25, -0.2) is 4.68 Å². The molecule has 144 valence electrons. The maximum atomic E-state index is 13.1. The number of hydrogen-bond donors (Lipinski definition) is 1. The first-order valence-corrected chi connectivity index (χ1v) is 8.99. The third-order valence-corrected chi connectivity index (χ3v) is 5.21. The highest BCUT2D eigenvalue weighted by Crippen LogP contribution is 2.27. The largest absolute Gasteiger partial charge is 0.481 e. The minimum atomic E-state index is -0.919. The highest BCUT2D eigenvalue weighted by Gasteiger charge is 2.38. The molecule has 2 aromatic rings. The molecule has 0 saturated carbocycles. The van der Waals surface area contributed by atoms with Crippen molar-refractivity contribution in [2.75, 3.05) is 13.7 Å². The van der Waals surface area contributed by atoms with Gasteiger partial charge >= 0.3 is 5.97 Å². The monoisotopic (exact) mass is 371 g/mol. The molecule has 0 spiro atoms. The van der Waals surface area contributed by atoms with Crippen molar-refractivity contribution in [3.63, 3.8) is 0 Å². The SMILES string of the molecule is COC1CC(CC(=O)O)N(C(=O)c2cnn(-c3cc(C)ccc3C)c2C)C1. The van der Waals surface area contributed by atoms with E-state index < -0.39 is 5.97 Å². The number of aryl methyl sites for hydroxylation is 2. The van der Waals surface area contributed by atoms with E-state index in [0.717, 1.165) is 22.5 Å². The van der Waals surface area contributed by atoms with Gasteiger partial charge in [0, 0.05) is 19.7 Å². The van der Waals surface area contributed by atoms with Crippen molar-refractivity contribution in [3.05, 3.63) is 46.8 Å². The van der Waals surface area contributed by atoms with Crippen molar-refractivity contribution in [2.24, 2.45) is 0 Å². The molecule has 0 bridgehead atoms. The smallest absolute Gasteiger partial charge is 0.305 e. The lowest BCUT2D eigenvalue weighted by molar-refractivity contribution is -0.137. The summed E-state index contributed by atoms with van der Waals surface area (Å²) >= 11 is 0. The van der Waals surface area contributed by atoms with Crippen LogP contribution in [0.1, 0.15) is 40.0 Å². The molecule has 2 heterocycles. The summed E-state index contributed by atoms with van der Waals surface area (Å²) in [4.78, 5) is 25.9. The Bertz CT molecular complexity index is 874. The third kappa shape index (κ3) is 3.73. The first kappa shape index (κ1) is 19.1. The fourth-order valence-corrected chi connectivity index (χ4v) is 3.65. The number of nitrogens with zero attached hydrogens (tertiary/aromatic N) is 3. The van der Waals surface area contributed by atoms with E-state index in [1.54, 1.807) is 22.9 Å². The van der Waals surface area contributed by atoms with Crippen LogP contribution in [0.5, 0.6) is 0 Å². The number of aliphatic carboxylic acids is 1. The maximum absolute atomic E-state index is 13.1. The summed E-state index contributed by atoms with van der Waals surface area (Å²) in [5.74, 6) is -1.12. The van der Waals surface area contributed by atoms with E-state index in [0.29, 0.717) is 18.5 Å². The molecule has 3 rings (SSSR count). The second-order valence-electron chi connectivity index (χ2n) is 7.15. The van der Waals surface area contributed by atoms with E-state index in [2.05, 4.69) is 5.10 Å². The van der Waals surface area contributed by atoms with Gasteiger partial charge in [0.1, 0.15) is 0 Å². The van der Waals surface area contributed by atoms with Gasteiger partial charge in [-0.05, 0) is 44.4 Å². The highest BCUT2D eigenvalue weighted by atomic mass is 16.5. The summed E-state index contributed by atoms with van der Waals surface area (Å²) in [5, 5.41) is 13.6. The number of carboxylic acids is 1. The number of hydrogen-bond acceptors (Lipinski definition) is 4. The zero-order valence-electron chi connectivity index (χ0n) is 16.1. The summed E-state index contributed by atoms with van der Waals surface area (Å²) in [6, 6.07) is 5.73. The molecule has 0 radical (unpaired) electrons. The van der Waals surface area contributed by atoms with E-state index in [4.69, 9.17) is 4.74 Å². The van der Waals surface area contributed by atoms with Crippen LogP contribution < -0.4 is 0 Å². The molecule has 1 fully saturated rings. The number of aromatic nitrogens is 2. The molecule has 1 saturated heterocycles. The maximum Gasteiger partial charge on any atom is 0.305 e. The molecule has 7 heteroatoms. The molecule has 2 unspecified atom stereocenters. The molecule has 1 aromatic carbocycles. The Morgan fingerprint density at radius 3 is 2.70 bits per heavy atom. The van der Waals surface area contributed by atoms with Crippen LogP contribution in [0.2, 0.25) is 0 Å². The fraction of sp³-hybridized carbons (Fsp3) is 0.450. The van der Waals surface area contributed by atoms with E-state index in [1.165, 1.54) is 0 Å². The highest BCUT2D eigenvalue weighted by molar-refractivity contribution is 5.96. The molecule has 7 nitrogen and oxygen atoms in total. The lowest BCUT2D eigenvalue weighted by Crippen LogP contribution is -2.37. The Kier molecular flexibility index (Phi) is 5.32. The average molecular weight is 371 g/mol. The van der Waals surface area contributed by atoms with Crippen LogP contribution in [0.15, 0.2) is 24.4 Å². The Labute approximate surface area is 158 Å². The number of amides is 1. The molecule has 0 aliphatic carbocycles. The summed E-state index contributed by atoms with van der Waals surface area (Å²) < 4.78 is 7.13. The average Bonchev–Trinajstić information content (AvgIpc) is 3.19. The molecule has 1 N–H and O–H groups in total. The van der Waals surface area contributed by atoms with Gasteiger partial charge in [-0.3, -0.25) is 9.59 Å². The first-order valence-electron chi connectivity index (χ1n) is 8.99. The predicted octanol–water partition coefficient (Wildman–Crippen LogP) is 2.50. The van der Waals surface area contributed by atoms with E-state index in [1.807, 2.05) is 39.0 Å². The number of likely N-dealkylation sites (tertiary alicyclic amines) is 1. The zero-order valence-corrected chi connectivity index (χ0v) is 16.1. The van der Waals surface area contributed by atoms with Gasteiger partial charge in [0.15, 0.2) is 0 Å². The first-order chi connectivity index (χ1) is 12.8. The van der Waals surface area contributed by atoms with Crippen molar-refractivity contribution in [3.8, 4) is 5.69 Å². The molecule has 1 aliphatic rings. The van der Waals surface area contributed by atoms with Crippen LogP contribution in [0, 0.1) is 20.8 Å². The summed E-state index contributed by atoms with van der Waals surface area (Å²) in [6.07, 6.45) is 1.86. The Morgan fingerprint density at radius 2 is 2.04 bits per heavy atom. The molecule has 1 aromatic heterocycles. The predicted molar refractivity (Wildman–Crippen MR) is 100 cm³/mol. The van der Waals surface area contributed by atoms with Crippen LogP contribution in [-0.4, -0.2) is 57.5 Å². The van der Waals surface area contributed by atoms with Gasteiger partial charge in [0.25, 0.3) is 5.91 Å². The van der Waals surface area contributed by atoms with Crippen molar-refractivity contribution in [1.29, 1.82) is 0 Å². The third-order valence-electron chi connectivity index (χ3n) is 5.21. The Hall–Kier alpha value is -2.67. The van der Waals surface area contributed by atoms with Gasteiger partial charge in [-0.2, -0.15) is 5.10 Å². The second kappa shape index (κ2) is 7.52. The number of benzene rings is 1. The van der Waals surface area contributed by atoms with Crippen molar-refractivity contribution >= 4 is 11.9 Å². The second-order valence-corrected chi connectivity index (χ2v) is 7.15. The molecular formula is C20H25N3O4. The van der Waals surface area contributed by atoms with Crippen LogP contribution in [0.4, 0.5) is 0 Å². The van der Waals surface area contributed by atoms with Crippen molar-refractivity contribution in [2.45, 2.75) is 45.8 Å². The Morgan fingerprint density at radius 1 is 1.30 bits per heavy atom. The lowest BCUT2D eigenvalue weighted by Gasteiger charge is -2.23. The molecule has 1 aliphatic heterocycles. The topological polar surface area (TPSA) is 84.7 Å². The minimum absolute atomic E-state index is 0.0875. The zero-order chi connectivity index (χ0) is 19.7. The van der Waals surface area contributed by atoms with Gasteiger partial charge in [0.2, 0.25) is 0 Å². The van der Waals surface area contributed by atoms with Gasteiger partial charge < -0.3 is 14.7 Å². The quantitative estimate of drug-likeness (QED) is 0.873. The van der Waals surface area contributed by atoms with Crippen LogP contribution in [-0.2, 0) is 9.53 Å². The van der Waals surface area contributed by atoms with Crippen LogP contribution in [0.25, 0.3) is 5.69 Å². The summed E-state index contributed by atoms with van der Waals surface area (Å²) in [7, 11) is 1.58. The minimum Gasteiger partial charge on any atom is -0.481 e. The van der Waals surface area contributed by atoms with E-state index >= 15 is 0 Å². The number of methoxy groups -OCH3 is 1. The molecule has 27 heavy (non-hydrogen) atoms. The molecular weight excluding hydrogens is 346 g/mol. The standard InChI is InChI=1S/C20H25N3O4/c1-12-5-6-13(2)18(7-12)23-14(3)17(10-21-23)20(26)22-11-16(27-4)8-15(22)9-19(24)25/h5-7,10,15-16H,8-9,11H2,1-4H3,(H,24,25). The number of carbonyl (C=O) groups excluding carboxylic acids is 1. The van der Waals surface area contributed by atoms with Gasteiger partial charge in [-0.1, -0.05) is 12.1 Å². The summed E-state index contributed by atoms with van der Waals surface area (Å²) in [5.41, 5.74) is 4.34. The van der Waals surface area contributed by atoms with E-state index in [9.17, 15) is 14.7 Å². The normalized spacial score (nSPS) is 19.5. The fourth-order valence-electron chi connectivity index (χ4n) is 3.65. The van der Waals surface area contributed by atoms with Crippen molar-refractivity contribution < 1.29 is 19.4 Å². The lowest BCUT2D eigenvalue weighted by atomic mass is 10.1. The van der Waals surface area contributed by atoms with Crippen molar-refractivity contribution in [1.82, 2.24) is 14.7 Å². The molecule has 2 atom stereocenters. The number of carbonyl (C=O) groups is 2. The number of carboxylic acid groups (broad SMARTS) is 1. The number of rotatable bonds is 5. The Balaban J connectivity index is 1.92. The summed E-state index contributed by atoms with van der Waals surface area (Å²) in [6.45, 7) is 6.27. The van der Waals surface area contributed by atoms with Gasteiger partial charge in [-0.15, -0.1) is 0 Å². The van der Waals surface area contributed by atoms with Crippen LogP contribution in [0.3, 0.4) is 0 Å². The number of ether oxygens (including phenoxy) is 1.